The number of rotatable bonds is 4. The maximum atomic E-state index is 11.3. The monoisotopic (exact) mass is 298 g/mol. The molecule has 0 bridgehead atoms. The van der Waals surface area contributed by atoms with Crippen LogP contribution >= 0.6 is 23.2 Å². The molecule has 2 rings (SSSR count). The second kappa shape index (κ2) is 5.63. The van der Waals surface area contributed by atoms with Crippen LogP contribution in [0.1, 0.15) is 29.4 Å². The van der Waals surface area contributed by atoms with Crippen molar-refractivity contribution in [2.75, 3.05) is 0 Å². The summed E-state index contributed by atoms with van der Waals surface area (Å²) < 4.78 is 1.42. The maximum absolute atomic E-state index is 11.3. The summed E-state index contributed by atoms with van der Waals surface area (Å²) in [6, 6.07) is 6.88. The molecule has 1 heterocycles. The Labute approximate surface area is 120 Å². The second-order valence-corrected chi connectivity index (χ2v) is 4.85. The van der Waals surface area contributed by atoms with Gasteiger partial charge in [-0.2, -0.15) is 5.10 Å². The quantitative estimate of drug-likeness (QED) is 0.933. The van der Waals surface area contributed by atoms with Crippen LogP contribution in [-0.2, 0) is 6.42 Å². The molecular formula is C13H12Cl2N2O2. The van der Waals surface area contributed by atoms with E-state index in [4.69, 9.17) is 23.2 Å². The van der Waals surface area contributed by atoms with Crippen molar-refractivity contribution in [2.45, 2.75) is 19.8 Å². The van der Waals surface area contributed by atoms with E-state index in [1.165, 1.54) is 4.68 Å². The van der Waals surface area contributed by atoms with Crippen molar-refractivity contribution < 1.29 is 9.90 Å². The topological polar surface area (TPSA) is 55.1 Å². The minimum absolute atomic E-state index is 0.0680. The van der Waals surface area contributed by atoms with Crippen molar-refractivity contribution >= 4 is 29.2 Å². The largest absolute Gasteiger partial charge is 0.478 e. The van der Waals surface area contributed by atoms with Crippen LogP contribution in [0.2, 0.25) is 10.2 Å². The number of hydrogen-bond donors (Lipinski definition) is 1. The predicted octanol–water partition coefficient (Wildman–Crippen LogP) is 3.83. The highest BCUT2D eigenvalue weighted by Gasteiger charge is 2.22. The van der Waals surface area contributed by atoms with Crippen LogP contribution in [0.25, 0.3) is 5.69 Å². The summed E-state index contributed by atoms with van der Waals surface area (Å²) in [7, 11) is 0. The van der Waals surface area contributed by atoms with E-state index in [0.717, 1.165) is 6.42 Å². The number of carboxylic acids is 1. The SMILES string of the molecule is CCCc1nn(-c2ccc(Cl)cc2)c(Cl)c1C(=O)O. The van der Waals surface area contributed by atoms with E-state index in [0.29, 0.717) is 22.8 Å². The van der Waals surface area contributed by atoms with Crippen LogP contribution in [0.3, 0.4) is 0 Å². The lowest BCUT2D eigenvalue weighted by molar-refractivity contribution is 0.0696. The van der Waals surface area contributed by atoms with Crippen molar-refractivity contribution in [3.05, 3.63) is 45.7 Å². The van der Waals surface area contributed by atoms with Gasteiger partial charge in [-0.1, -0.05) is 36.5 Å². The van der Waals surface area contributed by atoms with E-state index in [1.54, 1.807) is 24.3 Å². The van der Waals surface area contributed by atoms with Crippen LogP contribution in [0.5, 0.6) is 0 Å². The third kappa shape index (κ3) is 2.74. The Bertz CT molecular complexity index is 606. The lowest BCUT2D eigenvalue weighted by Crippen LogP contribution is -2.00. The molecule has 19 heavy (non-hydrogen) atoms. The van der Waals surface area contributed by atoms with Crippen LogP contribution in [0.15, 0.2) is 24.3 Å². The number of carboxylic acid groups (broad SMARTS) is 1. The molecule has 1 aromatic carbocycles. The molecule has 0 fully saturated rings. The Morgan fingerprint density at radius 1 is 1.32 bits per heavy atom. The van der Waals surface area contributed by atoms with E-state index in [-0.39, 0.29) is 10.7 Å². The molecule has 0 amide bonds. The minimum Gasteiger partial charge on any atom is -0.478 e. The molecule has 1 aromatic heterocycles. The summed E-state index contributed by atoms with van der Waals surface area (Å²) >= 11 is 11.9. The second-order valence-electron chi connectivity index (χ2n) is 4.06. The number of carbonyl (C=O) groups is 1. The lowest BCUT2D eigenvalue weighted by atomic mass is 10.2. The first-order chi connectivity index (χ1) is 9.04. The molecule has 0 spiro atoms. The summed E-state index contributed by atoms with van der Waals surface area (Å²) in [5.74, 6) is -1.06. The van der Waals surface area contributed by atoms with Gasteiger partial charge < -0.3 is 5.11 Å². The average molecular weight is 299 g/mol. The third-order valence-electron chi connectivity index (χ3n) is 2.67. The Hall–Kier alpha value is -1.52. The molecule has 0 radical (unpaired) electrons. The molecule has 4 nitrogen and oxygen atoms in total. The minimum atomic E-state index is -1.06. The fraction of sp³-hybridized carbons (Fsp3) is 0.231. The lowest BCUT2D eigenvalue weighted by Gasteiger charge is -2.02. The van der Waals surface area contributed by atoms with Crippen LogP contribution in [-0.4, -0.2) is 20.9 Å². The average Bonchev–Trinajstić information content (AvgIpc) is 2.68. The molecule has 100 valence electrons. The smallest absolute Gasteiger partial charge is 0.340 e. The van der Waals surface area contributed by atoms with E-state index in [1.807, 2.05) is 6.92 Å². The Morgan fingerprint density at radius 3 is 2.47 bits per heavy atom. The van der Waals surface area contributed by atoms with Crippen LogP contribution in [0, 0.1) is 0 Å². The summed E-state index contributed by atoms with van der Waals surface area (Å²) in [6.07, 6.45) is 1.37. The summed E-state index contributed by atoms with van der Waals surface area (Å²) in [5, 5.41) is 14.2. The molecule has 0 aliphatic heterocycles. The molecule has 0 aliphatic rings. The summed E-state index contributed by atoms with van der Waals surface area (Å²) in [4.78, 5) is 11.3. The van der Waals surface area contributed by atoms with Crippen molar-refractivity contribution in [2.24, 2.45) is 0 Å². The highest BCUT2D eigenvalue weighted by atomic mass is 35.5. The fourth-order valence-corrected chi connectivity index (χ4v) is 2.27. The van der Waals surface area contributed by atoms with E-state index in [9.17, 15) is 9.90 Å². The molecule has 1 N–H and O–H groups in total. The van der Waals surface area contributed by atoms with E-state index in [2.05, 4.69) is 5.10 Å². The van der Waals surface area contributed by atoms with Crippen LogP contribution in [0.4, 0.5) is 0 Å². The molecule has 0 aliphatic carbocycles. The number of halogens is 2. The highest BCUT2D eigenvalue weighted by Crippen LogP contribution is 2.25. The number of aryl methyl sites for hydroxylation is 1. The molecular weight excluding hydrogens is 287 g/mol. The van der Waals surface area contributed by atoms with Gasteiger partial charge in [0.2, 0.25) is 0 Å². The van der Waals surface area contributed by atoms with E-state index < -0.39 is 5.97 Å². The summed E-state index contributed by atoms with van der Waals surface area (Å²) in [6.45, 7) is 1.96. The zero-order chi connectivity index (χ0) is 14.0. The van der Waals surface area contributed by atoms with Gasteiger partial charge in [0.25, 0.3) is 0 Å². The third-order valence-corrected chi connectivity index (χ3v) is 3.27. The van der Waals surface area contributed by atoms with Gasteiger partial charge in [-0.05, 0) is 30.7 Å². The summed E-state index contributed by atoms with van der Waals surface area (Å²) in [5.41, 5.74) is 1.24. The van der Waals surface area contributed by atoms with Gasteiger partial charge in [-0.3, -0.25) is 0 Å². The van der Waals surface area contributed by atoms with Gasteiger partial charge in [0.1, 0.15) is 10.7 Å². The number of nitrogens with zero attached hydrogens (tertiary/aromatic N) is 2. The van der Waals surface area contributed by atoms with Gasteiger partial charge >= 0.3 is 5.97 Å². The Kier molecular flexibility index (Phi) is 4.12. The number of hydrogen-bond acceptors (Lipinski definition) is 2. The zero-order valence-corrected chi connectivity index (χ0v) is 11.7. The predicted molar refractivity (Wildman–Crippen MR) is 74.5 cm³/mol. The van der Waals surface area contributed by atoms with Crippen molar-refractivity contribution in [1.82, 2.24) is 9.78 Å². The fourth-order valence-electron chi connectivity index (χ4n) is 1.82. The highest BCUT2D eigenvalue weighted by molar-refractivity contribution is 6.33. The number of benzene rings is 1. The van der Waals surface area contributed by atoms with Crippen molar-refractivity contribution in [1.29, 1.82) is 0 Å². The molecule has 2 aromatic rings. The van der Waals surface area contributed by atoms with Crippen molar-refractivity contribution in [3.63, 3.8) is 0 Å². The Morgan fingerprint density at radius 2 is 1.95 bits per heavy atom. The first-order valence-corrected chi connectivity index (χ1v) is 6.56. The molecule has 0 saturated heterocycles. The zero-order valence-electron chi connectivity index (χ0n) is 10.2. The number of aromatic carboxylic acids is 1. The number of aromatic nitrogens is 2. The van der Waals surface area contributed by atoms with Gasteiger partial charge in [0, 0.05) is 5.02 Å². The molecule has 6 heteroatoms. The van der Waals surface area contributed by atoms with Crippen LogP contribution < -0.4 is 0 Å². The first-order valence-electron chi connectivity index (χ1n) is 5.81. The maximum Gasteiger partial charge on any atom is 0.340 e. The van der Waals surface area contributed by atoms with E-state index >= 15 is 0 Å². The standard InChI is InChI=1S/C13H12Cl2N2O2/c1-2-3-10-11(13(18)19)12(15)17(16-10)9-6-4-8(14)5-7-9/h4-7H,2-3H2,1H3,(H,18,19). The first kappa shape index (κ1) is 13.9. The van der Waals surface area contributed by atoms with Gasteiger partial charge in [-0.25, -0.2) is 9.48 Å². The van der Waals surface area contributed by atoms with Gasteiger partial charge in [0.15, 0.2) is 0 Å². The normalized spacial score (nSPS) is 10.7. The molecule has 0 unspecified atom stereocenters. The van der Waals surface area contributed by atoms with Crippen molar-refractivity contribution in [3.8, 4) is 5.69 Å². The molecule has 0 atom stereocenters. The molecule has 0 saturated carbocycles. The van der Waals surface area contributed by atoms with Gasteiger partial charge in [0.05, 0.1) is 11.4 Å². The Balaban J connectivity index is 2.55. The van der Waals surface area contributed by atoms with Gasteiger partial charge in [-0.15, -0.1) is 0 Å².